The van der Waals surface area contributed by atoms with Gasteiger partial charge in [0.1, 0.15) is 5.52 Å². The zero-order chi connectivity index (χ0) is 11.8. The van der Waals surface area contributed by atoms with Crippen LogP contribution >= 0.6 is 0 Å². The zero-order valence-electron chi connectivity index (χ0n) is 9.14. The third-order valence-corrected chi connectivity index (χ3v) is 3.10. The number of hydrogen-bond donors (Lipinski definition) is 3. The van der Waals surface area contributed by atoms with Gasteiger partial charge in [0.15, 0.2) is 0 Å². The third-order valence-electron chi connectivity index (χ3n) is 3.10. The van der Waals surface area contributed by atoms with Crippen molar-refractivity contribution in [2.75, 3.05) is 6.61 Å². The summed E-state index contributed by atoms with van der Waals surface area (Å²) in [4.78, 5) is 21.2. The molecular weight excluding hydrogens is 222 g/mol. The van der Waals surface area contributed by atoms with Gasteiger partial charge < -0.3 is 19.8 Å². The van der Waals surface area contributed by atoms with Gasteiger partial charge in [0.2, 0.25) is 0 Å². The molecule has 0 aromatic carbocycles. The molecule has 0 saturated carbocycles. The molecule has 17 heavy (non-hydrogen) atoms. The number of rotatable bonds is 2. The fourth-order valence-corrected chi connectivity index (χ4v) is 2.21. The monoisotopic (exact) mass is 235 g/mol. The number of nitrogens with zero attached hydrogens (tertiary/aromatic N) is 1. The van der Waals surface area contributed by atoms with Crippen LogP contribution in [0.4, 0.5) is 0 Å². The van der Waals surface area contributed by atoms with E-state index in [1.54, 1.807) is 0 Å². The molecule has 2 aromatic heterocycles. The number of ether oxygens (including phenoxy) is 1. The molecule has 1 saturated heterocycles. The molecule has 1 aliphatic rings. The molecule has 6 nitrogen and oxygen atoms in total. The van der Waals surface area contributed by atoms with Crippen molar-refractivity contribution in [3.8, 4) is 0 Å². The van der Waals surface area contributed by atoms with Gasteiger partial charge in [-0.2, -0.15) is 0 Å². The van der Waals surface area contributed by atoms with Crippen LogP contribution in [0.25, 0.3) is 11.0 Å². The fraction of sp³-hybridized carbons (Fsp3) is 0.455. The van der Waals surface area contributed by atoms with Crippen LogP contribution < -0.4 is 5.56 Å². The summed E-state index contributed by atoms with van der Waals surface area (Å²) in [5.74, 6) is 0. The van der Waals surface area contributed by atoms with Crippen LogP contribution in [-0.2, 0) is 4.74 Å². The SMILES string of the molecule is O=c1[nH]cnc2cc([C@@H]3CC[C@@H](CO)O3)[nH]c12. The lowest BCUT2D eigenvalue weighted by Crippen LogP contribution is -2.11. The number of fused-ring (bicyclic) bond motifs is 1. The Balaban J connectivity index is 1.97. The van der Waals surface area contributed by atoms with E-state index in [-0.39, 0.29) is 24.4 Å². The van der Waals surface area contributed by atoms with E-state index >= 15 is 0 Å². The highest BCUT2D eigenvalue weighted by molar-refractivity contribution is 5.74. The Morgan fingerprint density at radius 3 is 3.12 bits per heavy atom. The second-order valence-electron chi connectivity index (χ2n) is 4.22. The van der Waals surface area contributed by atoms with E-state index in [2.05, 4.69) is 15.0 Å². The minimum atomic E-state index is -0.182. The summed E-state index contributed by atoms with van der Waals surface area (Å²) in [5, 5.41) is 9.01. The highest BCUT2D eigenvalue weighted by Gasteiger charge is 2.27. The van der Waals surface area contributed by atoms with Gasteiger partial charge in [-0.1, -0.05) is 0 Å². The molecule has 3 rings (SSSR count). The molecular formula is C11H13N3O3. The van der Waals surface area contributed by atoms with Crippen LogP contribution in [0.15, 0.2) is 17.2 Å². The molecule has 2 aromatic rings. The molecule has 0 spiro atoms. The minimum absolute atomic E-state index is 0.0373. The van der Waals surface area contributed by atoms with E-state index in [0.29, 0.717) is 11.0 Å². The van der Waals surface area contributed by atoms with Crippen molar-refractivity contribution in [1.82, 2.24) is 15.0 Å². The van der Waals surface area contributed by atoms with Crippen molar-refractivity contribution in [2.24, 2.45) is 0 Å². The number of aromatic amines is 2. The van der Waals surface area contributed by atoms with Gasteiger partial charge in [-0.3, -0.25) is 4.79 Å². The summed E-state index contributed by atoms with van der Waals surface area (Å²) in [7, 11) is 0. The molecule has 1 aliphatic heterocycles. The lowest BCUT2D eigenvalue weighted by molar-refractivity contribution is 0.00952. The number of aromatic nitrogens is 3. The Bertz CT molecular complexity index is 589. The second kappa shape index (κ2) is 3.97. The van der Waals surface area contributed by atoms with Crippen molar-refractivity contribution in [1.29, 1.82) is 0 Å². The van der Waals surface area contributed by atoms with Crippen molar-refractivity contribution >= 4 is 11.0 Å². The summed E-state index contributed by atoms with van der Waals surface area (Å²) >= 11 is 0. The molecule has 1 fully saturated rings. The van der Waals surface area contributed by atoms with Crippen molar-refractivity contribution in [3.05, 3.63) is 28.4 Å². The lowest BCUT2D eigenvalue weighted by Gasteiger charge is -2.09. The van der Waals surface area contributed by atoms with Crippen LogP contribution in [0.1, 0.15) is 24.6 Å². The van der Waals surface area contributed by atoms with Crippen molar-refractivity contribution in [2.45, 2.75) is 25.0 Å². The molecule has 0 bridgehead atoms. The highest BCUT2D eigenvalue weighted by atomic mass is 16.5. The predicted octanol–water partition coefficient (Wildman–Crippen LogP) is 0.464. The summed E-state index contributed by atoms with van der Waals surface area (Å²) in [5.41, 5.74) is 1.77. The van der Waals surface area contributed by atoms with Crippen molar-refractivity contribution in [3.63, 3.8) is 0 Å². The van der Waals surface area contributed by atoms with E-state index in [1.165, 1.54) is 6.33 Å². The van der Waals surface area contributed by atoms with E-state index in [9.17, 15) is 4.79 Å². The molecule has 3 N–H and O–H groups in total. The first kappa shape index (κ1) is 10.5. The minimum Gasteiger partial charge on any atom is -0.394 e. The Morgan fingerprint density at radius 1 is 1.53 bits per heavy atom. The zero-order valence-corrected chi connectivity index (χ0v) is 9.14. The summed E-state index contributed by atoms with van der Waals surface area (Å²) in [6, 6.07) is 1.83. The number of H-pyrrole nitrogens is 2. The van der Waals surface area contributed by atoms with E-state index in [0.717, 1.165) is 18.5 Å². The maximum absolute atomic E-state index is 11.5. The van der Waals surface area contributed by atoms with Crippen LogP contribution in [-0.4, -0.2) is 32.8 Å². The normalized spacial score (nSPS) is 24.5. The first-order valence-corrected chi connectivity index (χ1v) is 5.60. The summed E-state index contributed by atoms with van der Waals surface area (Å²) in [6.45, 7) is 0.0373. The van der Waals surface area contributed by atoms with Crippen LogP contribution in [0.2, 0.25) is 0 Å². The lowest BCUT2D eigenvalue weighted by atomic mass is 10.1. The maximum atomic E-state index is 11.5. The van der Waals surface area contributed by atoms with Gasteiger partial charge >= 0.3 is 0 Å². The van der Waals surface area contributed by atoms with Crippen LogP contribution in [0.3, 0.4) is 0 Å². The first-order chi connectivity index (χ1) is 8.28. The van der Waals surface area contributed by atoms with Crippen LogP contribution in [0, 0.1) is 0 Å². The number of aliphatic hydroxyl groups is 1. The smallest absolute Gasteiger partial charge is 0.275 e. The van der Waals surface area contributed by atoms with Gasteiger partial charge in [-0.15, -0.1) is 0 Å². The summed E-state index contributed by atoms with van der Waals surface area (Å²) in [6.07, 6.45) is 2.88. The molecule has 0 aliphatic carbocycles. The Labute approximate surface area is 96.6 Å². The number of hydrogen-bond acceptors (Lipinski definition) is 4. The predicted molar refractivity (Wildman–Crippen MR) is 60.6 cm³/mol. The Hall–Kier alpha value is -1.66. The average molecular weight is 235 g/mol. The molecule has 3 heterocycles. The van der Waals surface area contributed by atoms with Gasteiger partial charge in [-0.25, -0.2) is 4.98 Å². The largest absolute Gasteiger partial charge is 0.394 e. The van der Waals surface area contributed by atoms with E-state index in [4.69, 9.17) is 9.84 Å². The summed E-state index contributed by atoms with van der Waals surface area (Å²) < 4.78 is 5.64. The Kier molecular flexibility index (Phi) is 2.45. The fourth-order valence-electron chi connectivity index (χ4n) is 2.21. The maximum Gasteiger partial charge on any atom is 0.275 e. The molecule has 0 unspecified atom stereocenters. The van der Waals surface area contributed by atoms with Crippen molar-refractivity contribution < 1.29 is 9.84 Å². The van der Waals surface area contributed by atoms with E-state index < -0.39 is 0 Å². The van der Waals surface area contributed by atoms with Gasteiger partial charge in [0.25, 0.3) is 5.56 Å². The van der Waals surface area contributed by atoms with Gasteiger partial charge in [0.05, 0.1) is 30.7 Å². The van der Waals surface area contributed by atoms with Crippen LogP contribution in [0.5, 0.6) is 0 Å². The first-order valence-electron chi connectivity index (χ1n) is 5.60. The average Bonchev–Trinajstić information content (AvgIpc) is 2.95. The topological polar surface area (TPSA) is 91.0 Å². The third kappa shape index (κ3) is 1.75. The van der Waals surface area contributed by atoms with Gasteiger partial charge in [0, 0.05) is 5.69 Å². The quantitative estimate of drug-likeness (QED) is 0.705. The standard InChI is InChI=1S/C11H13N3O3/c15-4-6-1-2-9(17-6)7-3-8-10(14-7)11(16)13-5-12-8/h3,5-6,9,14-15H,1-2,4H2,(H,12,13,16)/t6-,9-/m0/s1. The number of nitrogens with one attached hydrogen (secondary N) is 2. The molecule has 6 heteroatoms. The molecule has 0 radical (unpaired) electrons. The van der Waals surface area contributed by atoms with E-state index in [1.807, 2.05) is 6.07 Å². The Morgan fingerprint density at radius 2 is 2.41 bits per heavy atom. The molecule has 0 amide bonds. The highest BCUT2D eigenvalue weighted by Crippen LogP contribution is 2.32. The molecule has 90 valence electrons. The molecule has 2 atom stereocenters. The van der Waals surface area contributed by atoms with Gasteiger partial charge in [-0.05, 0) is 18.9 Å². The number of aliphatic hydroxyl groups excluding tert-OH is 1. The second-order valence-corrected chi connectivity index (χ2v) is 4.22.